The summed E-state index contributed by atoms with van der Waals surface area (Å²) in [6.45, 7) is 4.43. The van der Waals surface area contributed by atoms with Crippen LogP contribution in [0.5, 0.6) is 11.5 Å². The van der Waals surface area contributed by atoms with Gasteiger partial charge < -0.3 is 9.47 Å². The molecule has 3 rings (SSSR count). The molecular weight excluding hydrogens is 444 g/mol. The van der Waals surface area contributed by atoms with Crippen molar-refractivity contribution < 1.29 is 14.3 Å². The number of halogens is 1. The molecule has 30 heavy (non-hydrogen) atoms. The van der Waals surface area contributed by atoms with Crippen molar-refractivity contribution in [3.63, 3.8) is 0 Å². The average Bonchev–Trinajstić information content (AvgIpc) is 2.75. The number of benzene rings is 3. The van der Waals surface area contributed by atoms with Crippen LogP contribution < -0.4 is 14.9 Å². The highest BCUT2D eigenvalue weighted by Gasteiger charge is 2.03. The summed E-state index contributed by atoms with van der Waals surface area (Å²) < 4.78 is 12.3. The number of amides is 1. The van der Waals surface area contributed by atoms with Gasteiger partial charge in [0.1, 0.15) is 18.1 Å². The van der Waals surface area contributed by atoms with Gasteiger partial charge in [0, 0.05) is 4.47 Å². The van der Waals surface area contributed by atoms with Gasteiger partial charge in [0.15, 0.2) is 6.61 Å². The molecular formula is C24H23BrN2O3. The van der Waals surface area contributed by atoms with Crippen LogP contribution in [0.4, 0.5) is 0 Å². The molecule has 1 N–H and O–H groups in total. The van der Waals surface area contributed by atoms with Crippen LogP contribution in [0.1, 0.15) is 22.3 Å². The highest BCUT2D eigenvalue weighted by atomic mass is 79.9. The number of nitrogens with zero attached hydrogens (tertiary/aromatic N) is 1. The molecule has 0 fully saturated rings. The Hall–Kier alpha value is -3.12. The van der Waals surface area contributed by atoms with Crippen LogP contribution in [-0.4, -0.2) is 18.7 Å². The number of carbonyl (C=O) groups excluding carboxylic acids is 1. The summed E-state index contributed by atoms with van der Waals surface area (Å²) in [6.07, 6.45) is 1.57. The topological polar surface area (TPSA) is 59.9 Å². The van der Waals surface area contributed by atoms with Crippen LogP contribution in [0.3, 0.4) is 0 Å². The van der Waals surface area contributed by atoms with E-state index in [0.717, 1.165) is 26.9 Å². The van der Waals surface area contributed by atoms with E-state index in [9.17, 15) is 4.79 Å². The number of hydrazone groups is 1. The van der Waals surface area contributed by atoms with Gasteiger partial charge in [-0.3, -0.25) is 4.79 Å². The standard InChI is InChI=1S/C24H23BrN2O3/c1-17-3-5-20(6-4-17)15-29-21-9-7-19(8-10-21)14-26-27-24(28)16-30-22-11-12-23(25)18(2)13-22/h3-14H,15-16H2,1-2H3,(H,27,28)/b26-14+. The molecule has 1 amide bonds. The summed E-state index contributed by atoms with van der Waals surface area (Å²) in [6, 6.07) is 21.3. The molecule has 0 aliphatic rings. The van der Waals surface area contributed by atoms with Gasteiger partial charge in [-0.05, 0) is 73.0 Å². The van der Waals surface area contributed by atoms with Crippen LogP contribution in [0.15, 0.2) is 76.3 Å². The first-order chi connectivity index (χ1) is 14.5. The van der Waals surface area contributed by atoms with Crippen LogP contribution in [0.2, 0.25) is 0 Å². The zero-order chi connectivity index (χ0) is 21.3. The van der Waals surface area contributed by atoms with Gasteiger partial charge in [0.05, 0.1) is 6.21 Å². The third kappa shape index (κ3) is 6.74. The Morgan fingerprint density at radius 1 is 0.967 bits per heavy atom. The molecule has 154 valence electrons. The van der Waals surface area contributed by atoms with Crippen molar-refractivity contribution >= 4 is 28.1 Å². The van der Waals surface area contributed by atoms with Gasteiger partial charge in [-0.2, -0.15) is 5.10 Å². The third-order valence-corrected chi connectivity index (χ3v) is 5.20. The second-order valence-electron chi connectivity index (χ2n) is 6.84. The van der Waals surface area contributed by atoms with Crippen LogP contribution in [-0.2, 0) is 11.4 Å². The number of hydrogen-bond acceptors (Lipinski definition) is 4. The second kappa shape index (κ2) is 10.6. The van der Waals surface area contributed by atoms with Gasteiger partial charge in [-0.25, -0.2) is 5.43 Å². The predicted molar refractivity (Wildman–Crippen MR) is 122 cm³/mol. The monoisotopic (exact) mass is 466 g/mol. The van der Waals surface area contributed by atoms with Crippen molar-refractivity contribution in [1.29, 1.82) is 0 Å². The van der Waals surface area contributed by atoms with E-state index in [-0.39, 0.29) is 12.5 Å². The van der Waals surface area contributed by atoms with E-state index in [0.29, 0.717) is 12.4 Å². The molecule has 0 unspecified atom stereocenters. The highest BCUT2D eigenvalue weighted by molar-refractivity contribution is 9.10. The first-order valence-corrected chi connectivity index (χ1v) is 10.3. The van der Waals surface area contributed by atoms with E-state index >= 15 is 0 Å². The lowest BCUT2D eigenvalue weighted by Crippen LogP contribution is -2.24. The minimum absolute atomic E-state index is 0.107. The number of rotatable bonds is 8. The summed E-state index contributed by atoms with van der Waals surface area (Å²) in [5.74, 6) is 1.08. The normalized spacial score (nSPS) is 10.8. The summed E-state index contributed by atoms with van der Waals surface area (Å²) in [5, 5.41) is 3.96. The van der Waals surface area contributed by atoms with Gasteiger partial charge >= 0.3 is 0 Å². The van der Waals surface area contributed by atoms with Gasteiger partial charge in [-0.15, -0.1) is 0 Å². The van der Waals surface area contributed by atoms with Crippen molar-refractivity contribution in [2.75, 3.05) is 6.61 Å². The molecule has 3 aromatic rings. The van der Waals surface area contributed by atoms with Crippen LogP contribution in [0.25, 0.3) is 0 Å². The lowest BCUT2D eigenvalue weighted by atomic mass is 10.2. The Morgan fingerprint density at radius 2 is 1.67 bits per heavy atom. The Labute approximate surface area is 184 Å². The third-order valence-electron chi connectivity index (χ3n) is 4.31. The van der Waals surface area contributed by atoms with Gasteiger partial charge in [-0.1, -0.05) is 45.8 Å². The molecule has 0 spiro atoms. The lowest BCUT2D eigenvalue weighted by molar-refractivity contribution is -0.123. The Bertz CT molecular complexity index is 1020. The van der Waals surface area contributed by atoms with E-state index in [2.05, 4.69) is 57.6 Å². The zero-order valence-electron chi connectivity index (χ0n) is 16.9. The molecule has 0 aliphatic carbocycles. The van der Waals surface area contributed by atoms with Crippen molar-refractivity contribution in [3.05, 3.63) is 93.5 Å². The van der Waals surface area contributed by atoms with Gasteiger partial charge in [0.25, 0.3) is 5.91 Å². The zero-order valence-corrected chi connectivity index (χ0v) is 18.5. The molecule has 3 aromatic carbocycles. The average molecular weight is 467 g/mol. The van der Waals surface area contributed by atoms with Crippen molar-refractivity contribution in [2.45, 2.75) is 20.5 Å². The molecule has 5 nitrogen and oxygen atoms in total. The van der Waals surface area contributed by atoms with E-state index in [1.54, 1.807) is 12.3 Å². The number of nitrogens with one attached hydrogen (secondary N) is 1. The first-order valence-electron chi connectivity index (χ1n) is 9.49. The lowest BCUT2D eigenvalue weighted by Gasteiger charge is -2.07. The summed E-state index contributed by atoms with van der Waals surface area (Å²) in [5.41, 5.74) is 6.69. The van der Waals surface area contributed by atoms with E-state index in [4.69, 9.17) is 9.47 Å². The van der Waals surface area contributed by atoms with Crippen molar-refractivity contribution in [3.8, 4) is 11.5 Å². The maximum Gasteiger partial charge on any atom is 0.277 e. The largest absolute Gasteiger partial charge is 0.489 e. The molecule has 0 heterocycles. The number of hydrogen-bond donors (Lipinski definition) is 1. The van der Waals surface area contributed by atoms with Crippen LogP contribution in [0, 0.1) is 13.8 Å². The van der Waals surface area contributed by atoms with E-state index in [1.807, 2.05) is 43.3 Å². The fourth-order valence-electron chi connectivity index (χ4n) is 2.57. The molecule has 0 aromatic heterocycles. The summed E-state index contributed by atoms with van der Waals surface area (Å²) in [7, 11) is 0. The maximum atomic E-state index is 11.9. The second-order valence-corrected chi connectivity index (χ2v) is 7.69. The molecule has 6 heteroatoms. The molecule has 0 saturated carbocycles. The number of aryl methyl sites for hydroxylation is 2. The summed E-state index contributed by atoms with van der Waals surface area (Å²) in [4.78, 5) is 11.9. The summed E-state index contributed by atoms with van der Waals surface area (Å²) >= 11 is 3.43. The van der Waals surface area contributed by atoms with E-state index < -0.39 is 0 Å². The molecule has 0 aliphatic heterocycles. The Balaban J connectivity index is 1.42. The Morgan fingerprint density at radius 3 is 2.37 bits per heavy atom. The highest BCUT2D eigenvalue weighted by Crippen LogP contribution is 2.21. The SMILES string of the molecule is Cc1ccc(COc2ccc(/C=N/NC(=O)COc3ccc(Br)c(C)c3)cc2)cc1. The van der Waals surface area contributed by atoms with Crippen molar-refractivity contribution in [2.24, 2.45) is 5.10 Å². The molecule has 0 bridgehead atoms. The molecule has 0 atom stereocenters. The number of ether oxygens (including phenoxy) is 2. The van der Waals surface area contributed by atoms with Crippen molar-refractivity contribution in [1.82, 2.24) is 5.43 Å². The first kappa shape index (κ1) is 21.6. The predicted octanol–water partition coefficient (Wildman–Crippen LogP) is 5.17. The maximum absolute atomic E-state index is 11.9. The fourth-order valence-corrected chi connectivity index (χ4v) is 2.81. The van der Waals surface area contributed by atoms with E-state index in [1.165, 1.54) is 5.56 Å². The molecule has 0 saturated heterocycles. The minimum atomic E-state index is -0.329. The smallest absolute Gasteiger partial charge is 0.277 e. The molecule has 0 radical (unpaired) electrons. The van der Waals surface area contributed by atoms with Gasteiger partial charge in [0.2, 0.25) is 0 Å². The quantitative estimate of drug-likeness (QED) is 0.367. The fraction of sp³-hybridized carbons (Fsp3) is 0.167. The minimum Gasteiger partial charge on any atom is -0.489 e. The number of carbonyl (C=O) groups is 1. The Kier molecular flexibility index (Phi) is 7.63. The van der Waals surface area contributed by atoms with Crippen LogP contribution >= 0.6 is 15.9 Å².